The summed E-state index contributed by atoms with van der Waals surface area (Å²) in [6.45, 7) is 2.63. The van der Waals surface area contributed by atoms with Gasteiger partial charge < -0.3 is 19.9 Å². The minimum atomic E-state index is -0.799. The molecule has 1 saturated carbocycles. The SMILES string of the molecule is CCCOc1ccc(OCC(=O)NC2CC(C(=O)O)C2)cc1. The quantitative estimate of drug-likeness (QED) is 0.765. The van der Waals surface area contributed by atoms with E-state index >= 15 is 0 Å². The first kappa shape index (κ1) is 16.1. The van der Waals surface area contributed by atoms with Crippen molar-refractivity contribution in [2.45, 2.75) is 32.2 Å². The Morgan fingerprint density at radius 2 is 1.77 bits per heavy atom. The lowest BCUT2D eigenvalue weighted by atomic mass is 9.80. The Morgan fingerprint density at radius 1 is 1.18 bits per heavy atom. The van der Waals surface area contributed by atoms with Crippen LogP contribution in [0.2, 0.25) is 0 Å². The summed E-state index contributed by atoms with van der Waals surface area (Å²) in [6, 6.07) is 7.05. The van der Waals surface area contributed by atoms with Gasteiger partial charge in [-0.2, -0.15) is 0 Å². The van der Waals surface area contributed by atoms with Crippen molar-refractivity contribution in [1.29, 1.82) is 0 Å². The third-order valence-electron chi connectivity index (χ3n) is 3.52. The molecule has 0 spiro atoms. The van der Waals surface area contributed by atoms with Crippen molar-refractivity contribution in [2.24, 2.45) is 5.92 Å². The molecule has 1 aromatic carbocycles. The number of carboxylic acid groups (broad SMARTS) is 1. The highest BCUT2D eigenvalue weighted by Crippen LogP contribution is 2.27. The van der Waals surface area contributed by atoms with E-state index in [1.165, 1.54) is 0 Å². The molecular formula is C16H21NO5. The van der Waals surface area contributed by atoms with Crippen molar-refractivity contribution in [3.05, 3.63) is 24.3 Å². The highest BCUT2D eigenvalue weighted by Gasteiger charge is 2.35. The second-order valence-electron chi connectivity index (χ2n) is 5.38. The van der Waals surface area contributed by atoms with E-state index in [9.17, 15) is 9.59 Å². The van der Waals surface area contributed by atoms with Gasteiger partial charge in [-0.15, -0.1) is 0 Å². The van der Waals surface area contributed by atoms with Crippen molar-refractivity contribution in [3.8, 4) is 11.5 Å². The van der Waals surface area contributed by atoms with Gasteiger partial charge in [0.1, 0.15) is 11.5 Å². The lowest BCUT2D eigenvalue weighted by molar-refractivity contribution is -0.146. The van der Waals surface area contributed by atoms with Gasteiger partial charge in [0.05, 0.1) is 12.5 Å². The van der Waals surface area contributed by atoms with Gasteiger partial charge in [0.15, 0.2) is 6.61 Å². The van der Waals surface area contributed by atoms with Gasteiger partial charge in [-0.1, -0.05) is 6.92 Å². The minimum Gasteiger partial charge on any atom is -0.494 e. The van der Waals surface area contributed by atoms with E-state index in [-0.39, 0.29) is 24.5 Å². The fourth-order valence-electron chi connectivity index (χ4n) is 2.21. The molecule has 0 aliphatic heterocycles. The van der Waals surface area contributed by atoms with Crippen LogP contribution >= 0.6 is 0 Å². The van der Waals surface area contributed by atoms with E-state index in [1.807, 2.05) is 6.92 Å². The molecule has 0 heterocycles. The van der Waals surface area contributed by atoms with Gasteiger partial charge in [-0.05, 0) is 43.5 Å². The molecule has 6 heteroatoms. The Kier molecular flexibility index (Phi) is 5.63. The fourth-order valence-corrected chi connectivity index (χ4v) is 2.21. The van der Waals surface area contributed by atoms with Crippen molar-refractivity contribution in [1.82, 2.24) is 5.32 Å². The zero-order valence-corrected chi connectivity index (χ0v) is 12.6. The number of aliphatic carboxylic acids is 1. The number of hydrogen-bond acceptors (Lipinski definition) is 4. The van der Waals surface area contributed by atoms with E-state index < -0.39 is 5.97 Å². The van der Waals surface area contributed by atoms with Crippen LogP contribution in [0.15, 0.2) is 24.3 Å². The molecule has 0 radical (unpaired) electrons. The first-order chi connectivity index (χ1) is 10.6. The molecule has 1 aliphatic rings. The summed E-state index contributed by atoms with van der Waals surface area (Å²) in [5.41, 5.74) is 0. The van der Waals surface area contributed by atoms with Crippen LogP contribution in [0.4, 0.5) is 0 Å². The molecule has 2 rings (SSSR count). The molecule has 2 N–H and O–H groups in total. The molecule has 22 heavy (non-hydrogen) atoms. The largest absolute Gasteiger partial charge is 0.494 e. The number of ether oxygens (including phenoxy) is 2. The van der Waals surface area contributed by atoms with Crippen LogP contribution in [-0.4, -0.2) is 36.2 Å². The number of carbonyl (C=O) groups excluding carboxylic acids is 1. The topological polar surface area (TPSA) is 84.9 Å². The molecular weight excluding hydrogens is 286 g/mol. The zero-order chi connectivity index (χ0) is 15.9. The molecule has 1 aromatic rings. The van der Waals surface area contributed by atoms with E-state index in [0.717, 1.165) is 12.2 Å². The predicted octanol–water partition coefficient (Wildman–Crippen LogP) is 1.83. The van der Waals surface area contributed by atoms with Crippen LogP contribution in [0, 0.1) is 5.92 Å². The molecule has 6 nitrogen and oxygen atoms in total. The second kappa shape index (κ2) is 7.68. The van der Waals surface area contributed by atoms with Crippen LogP contribution in [0.3, 0.4) is 0 Å². The number of amides is 1. The van der Waals surface area contributed by atoms with Gasteiger partial charge in [-0.3, -0.25) is 9.59 Å². The summed E-state index contributed by atoms with van der Waals surface area (Å²) in [6.07, 6.45) is 1.93. The van der Waals surface area contributed by atoms with Crippen LogP contribution in [-0.2, 0) is 9.59 Å². The van der Waals surface area contributed by atoms with Gasteiger partial charge in [0.25, 0.3) is 5.91 Å². The van der Waals surface area contributed by atoms with E-state index in [1.54, 1.807) is 24.3 Å². The lowest BCUT2D eigenvalue weighted by Gasteiger charge is -2.32. The maximum absolute atomic E-state index is 11.7. The lowest BCUT2D eigenvalue weighted by Crippen LogP contribution is -2.48. The number of carboxylic acids is 1. The number of benzene rings is 1. The maximum Gasteiger partial charge on any atom is 0.306 e. The van der Waals surface area contributed by atoms with Crippen LogP contribution in [0.25, 0.3) is 0 Å². The summed E-state index contributed by atoms with van der Waals surface area (Å²) in [7, 11) is 0. The summed E-state index contributed by atoms with van der Waals surface area (Å²) in [5, 5.41) is 11.5. The number of rotatable bonds is 8. The third kappa shape index (κ3) is 4.65. The highest BCUT2D eigenvalue weighted by molar-refractivity contribution is 5.78. The Morgan fingerprint density at radius 3 is 2.32 bits per heavy atom. The first-order valence-electron chi connectivity index (χ1n) is 7.46. The second-order valence-corrected chi connectivity index (χ2v) is 5.38. The standard InChI is InChI=1S/C16H21NO5/c1-2-7-21-13-3-5-14(6-4-13)22-10-15(18)17-12-8-11(9-12)16(19)20/h3-6,11-12H,2,7-10H2,1H3,(H,17,18)(H,19,20). The van der Waals surface area contributed by atoms with Crippen molar-refractivity contribution in [2.75, 3.05) is 13.2 Å². The summed E-state index contributed by atoms with van der Waals surface area (Å²) >= 11 is 0. The maximum atomic E-state index is 11.7. The molecule has 120 valence electrons. The molecule has 0 saturated heterocycles. The molecule has 0 atom stereocenters. The van der Waals surface area contributed by atoms with Crippen molar-refractivity contribution in [3.63, 3.8) is 0 Å². The zero-order valence-electron chi connectivity index (χ0n) is 12.6. The number of nitrogens with one attached hydrogen (secondary N) is 1. The van der Waals surface area contributed by atoms with Crippen LogP contribution in [0.5, 0.6) is 11.5 Å². The third-order valence-corrected chi connectivity index (χ3v) is 3.52. The molecule has 0 aromatic heterocycles. The average molecular weight is 307 g/mol. The average Bonchev–Trinajstić information content (AvgIpc) is 2.47. The fraction of sp³-hybridized carbons (Fsp3) is 0.500. The Balaban J connectivity index is 1.67. The monoisotopic (exact) mass is 307 g/mol. The van der Waals surface area contributed by atoms with Crippen molar-refractivity contribution < 1.29 is 24.2 Å². The van der Waals surface area contributed by atoms with Gasteiger partial charge in [0, 0.05) is 6.04 Å². The Bertz CT molecular complexity index is 508. The smallest absolute Gasteiger partial charge is 0.306 e. The van der Waals surface area contributed by atoms with Gasteiger partial charge in [0.2, 0.25) is 0 Å². The van der Waals surface area contributed by atoms with Crippen LogP contribution < -0.4 is 14.8 Å². The van der Waals surface area contributed by atoms with Crippen LogP contribution in [0.1, 0.15) is 26.2 Å². The Labute approximate surface area is 129 Å². The van der Waals surface area contributed by atoms with Crippen molar-refractivity contribution >= 4 is 11.9 Å². The van der Waals surface area contributed by atoms with Gasteiger partial charge >= 0.3 is 5.97 Å². The number of carbonyl (C=O) groups is 2. The molecule has 1 fully saturated rings. The molecule has 0 bridgehead atoms. The molecule has 1 aliphatic carbocycles. The number of hydrogen-bond donors (Lipinski definition) is 2. The molecule has 0 unspecified atom stereocenters. The highest BCUT2D eigenvalue weighted by atomic mass is 16.5. The predicted molar refractivity (Wildman–Crippen MR) is 80.0 cm³/mol. The Hall–Kier alpha value is -2.24. The normalized spacial score (nSPS) is 19.9. The van der Waals surface area contributed by atoms with E-state index in [0.29, 0.717) is 25.2 Å². The molecule has 1 amide bonds. The van der Waals surface area contributed by atoms with E-state index in [4.69, 9.17) is 14.6 Å². The first-order valence-corrected chi connectivity index (χ1v) is 7.46. The van der Waals surface area contributed by atoms with Gasteiger partial charge in [-0.25, -0.2) is 0 Å². The van der Waals surface area contributed by atoms with E-state index in [2.05, 4.69) is 5.32 Å². The summed E-state index contributed by atoms with van der Waals surface area (Å²) < 4.78 is 10.8. The summed E-state index contributed by atoms with van der Waals surface area (Å²) in [4.78, 5) is 22.4. The minimum absolute atomic E-state index is 0.0537. The summed E-state index contributed by atoms with van der Waals surface area (Å²) in [5.74, 6) is -0.00184.